The maximum absolute atomic E-state index is 13.3. The van der Waals surface area contributed by atoms with Crippen molar-refractivity contribution in [2.75, 3.05) is 20.2 Å². The number of nitrogens with zero attached hydrogens (tertiary/aromatic N) is 1. The highest BCUT2D eigenvalue weighted by atomic mass is 32.1. The van der Waals surface area contributed by atoms with E-state index in [0.29, 0.717) is 40.2 Å². The number of thiophene rings is 2. The third-order valence-corrected chi connectivity index (χ3v) is 8.90. The number of carbonyl (C=O) groups excluding carboxylic acids is 2. The lowest BCUT2D eigenvalue weighted by Gasteiger charge is -2.47. The molecule has 6 atom stereocenters. The van der Waals surface area contributed by atoms with Gasteiger partial charge in [0.2, 0.25) is 5.60 Å². The summed E-state index contributed by atoms with van der Waals surface area (Å²) in [6, 6.07) is 7.29. The zero-order valence-corrected chi connectivity index (χ0v) is 19.1. The fraction of sp³-hybridized carbons (Fsp3) is 0.545. The minimum absolute atomic E-state index is 0.0718. The lowest BCUT2D eigenvalue weighted by atomic mass is 9.94. The van der Waals surface area contributed by atoms with Crippen molar-refractivity contribution in [3.05, 3.63) is 44.8 Å². The lowest BCUT2D eigenvalue weighted by molar-refractivity contribution is -0.949. The van der Waals surface area contributed by atoms with Crippen LogP contribution in [0.1, 0.15) is 29.5 Å². The largest absolute Gasteiger partial charge is 0.462 e. The van der Waals surface area contributed by atoms with E-state index in [9.17, 15) is 14.7 Å². The normalized spacial score (nSPS) is 33.6. The molecule has 3 aliphatic rings. The number of piperidine rings is 1. The van der Waals surface area contributed by atoms with Crippen molar-refractivity contribution in [2.45, 2.75) is 55.8 Å². The van der Waals surface area contributed by atoms with Crippen LogP contribution in [-0.4, -0.2) is 72.1 Å². The number of carbonyl (C=O) groups is 2. The first kappa shape index (κ1) is 21.1. The van der Waals surface area contributed by atoms with E-state index < -0.39 is 11.6 Å². The molecule has 5 rings (SSSR count). The van der Waals surface area contributed by atoms with Crippen LogP contribution in [0.5, 0.6) is 0 Å². The van der Waals surface area contributed by atoms with E-state index in [-0.39, 0.29) is 36.4 Å². The summed E-state index contributed by atoms with van der Waals surface area (Å²) in [5.41, 5.74) is -1.80. The number of esters is 2. The molecule has 0 spiro atoms. The molecule has 0 amide bonds. The van der Waals surface area contributed by atoms with E-state index in [1.54, 1.807) is 19.1 Å². The third kappa shape index (κ3) is 3.34. The maximum Gasteiger partial charge on any atom is 0.361 e. The highest BCUT2D eigenvalue weighted by Gasteiger charge is 2.72. The molecule has 7 nitrogen and oxygen atoms in total. The van der Waals surface area contributed by atoms with Crippen molar-refractivity contribution < 1.29 is 33.4 Å². The SMILES string of the molecule is CCOC(=O)C[N+]1(C)[C@@H]2C[C@@H](OC(=O)C(O)(c3cccs3)c3cccs3)C[C@H]1[C@@H]1O[C@@H]12. The second-order valence-electron chi connectivity index (χ2n) is 8.67. The van der Waals surface area contributed by atoms with Crippen molar-refractivity contribution in [2.24, 2.45) is 0 Å². The highest BCUT2D eigenvalue weighted by molar-refractivity contribution is 7.12. The quantitative estimate of drug-likeness (QED) is 0.384. The van der Waals surface area contributed by atoms with Crippen LogP contribution in [0.15, 0.2) is 35.0 Å². The first-order chi connectivity index (χ1) is 14.9. The zero-order valence-electron chi connectivity index (χ0n) is 17.4. The summed E-state index contributed by atoms with van der Waals surface area (Å²) in [6.07, 6.45) is 1.08. The van der Waals surface area contributed by atoms with Crippen molar-refractivity contribution >= 4 is 34.6 Å². The Labute approximate surface area is 188 Å². The molecule has 9 heteroatoms. The van der Waals surface area contributed by atoms with Gasteiger partial charge in [-0.3, -0.25) is 0 Å². The number of ether oxygens (including phenoxy) is 3. The fourth-order valence-electron chi connectivity index (χ4n) is 5.40. The maximum atomic E-state index is 13.3. The number of hydrogen-bond donors (Lipinski definition) is 1. The number of rotatable bonds is 7. The Kier molecular flexibility index (Phi) is 5.22. The molecule has 5 heterocycles. The minimum Gasteiger partial charge on any atom is -0.462 e. The Balaban J connectivity index is 1.34. The molecule has 2 aromatic rings. The fourth-order valence-corrected chi connectivity index (χ4v) is 7.12. The summed E-state index contributed by atoms with van der Waals surface area (Å²) in [6.45, 7) is 2.47. The van der Waals surface area contributed by atoms with Gasteiger partial charge in [-0.2, -0.15) is 0 Å². The minimum atomic E-state index is -1.80. The Bertz CT molecular complexity index is 907. The summed E-state index contributed by atoms with van der Waals surface area (Å²) >= 11 is 2.66. The van der Waals surface area contributed by atoms with Crippen molar-refractivity contribution in [1.29, 1.82) is 0 Å². The van der Waals surface area contributed by atoms with Crippen LogP contribution in [0, 0.1) is 0 Å². The third-order valence-electron chi connectivity index (χ3n) is 6.94. The van der Waals surface area contributed by atoms with Crippen LogP contribution in [0.25, 0.3) is 0 Å². The van der Waals surface area contributed by atoms with Crippen LogP contribution >= 0.6 is 22.7 Å². The van der Waals surface area contributed by atoms with Crippen LogP contribution in [0.4, 0.5) is 0 Å². The Hall–Kier alpha value is -1.78. The summed E-state index contributed by atoms with van der Waals surface area (Å²) in [5, 5.41) is 15.2. The van der Waals surface area contributed by atoms with Gasteiger partial charge in [0.15, 0.2) is 6.54 Å². The molecule has 2 aromatic heterocycles. The van der Waals surface area contributed by atoms with Gasteiger partial charge in [0, 0.05) is 12.8 Å². The van der Waals surface area contributed by atoms with Gasteiger partial charge in [-0.1, -0.05) is 12.1 Å². The van der Waals surface area contributed by atoms with Crippen molar-refractivity contribution in [3.63, 3.8) is 0 Å². The van der Waals surface area contributed by atoms with Gasteiger partial charge in [0.05, 0.1) is 23.4 Å². The number of aliphatic hydroxyl groups is 1. The van der Waals surface area contributed by atoms with E-state index in [0.717, 1.165) is 0 Å². The lowest BCUT2D eigenvalue weighted by Crippen LogP contribution is -2.64. The number of fused-ring (bicyclic) bond motifs is 5. The van der Waals surface area contributed by atoms with E-state index in [1.165, 1.54) is 22.7 Å². The molecule has 0 aliphatic carbocycles. The summed E-state index contributed by atoms with van der Waals surface area (Å²) < 4.78 is 17.5. The van der Waals surface area contributed by atoms with Crippen LogP contribution in [-0.2, 0) is 29.4 Å². The van der Waals surface area contributed by atoms with Gasteiger partial charge >= 0.3 is 11.9 Å². The smallest absolute Gasteiger partial charge is 0.361 e. The molecule has 1 N–H and O–H groups in total. The van der Waals surface area contributed by atoms with E-state index in [2.05, 4.69) is 7.05 Å². The number of likely N-dealkylation sites (N-methyl/N-ethyl adjacent to an activating group) is 1. The van der Waals surface area contributed by atoms with Crippen LogP contribution in [0.2, 0.25) is 0 Å². The molecule has 3 aliphatic heterocycles. The topological polar surface area (TPSA) is 85.4 Å². The Morgan fingerprint density at radius 3 is 2.23 bits per heavy atom. The van der Waals surface area contributed by atoms with E-state index in [4.69, 9.17) is 14.2 Å². The number of epoxide rings is 1. The molecule has 0 saturated carbocycles. The molecule has 1 unspecified atom stereocenters. The number of quaternary nitrogens is 1. The molecule has 3 fully saturated rings. The molecular formula is C22H26NO6S2+. The standard InChI is InChI=1S/C22H26NO6S2/c1-3-27-18(24)12-23(2)14-10-13(11-15(23)20-19(14)29-20)28-21(25)22(26,16-6-4-8-30-16)17-7-5-9-31-17/h4-9,13-15,19-20,26H,3,10-12H2,1-2H3/q+1/t13-,14-,15+,19-,20+,23?. The molecular weight excluding hydrogens is 438 g/mol. The molecule has 166 valence electrons. The monoisotopic (exact) mass is 464 g/mol. The average molecular weight is 465 g/mol. The Morgan fingerprint density at radius 1 is 1.16 bits per heavy atom. The Morgan fingerprint density at radius 2 is 1.74 bits per heavy atom. The van der Waals surface area contributed by atoms with Gasteiger partial charge < -0.3 is 23.8 Å². The van der Waals surface area contributed by atoms with Crippen molar-refractivity contribution in [1.82, 2.24) is 0 Å². The van der Waals surface area contributed by atoms with Gasteiger partial charge in [0.1, 0.15) is 30.4 Å². The van der Waals surface area contributed by atoms with Gasteiger partial charge in [-0.25, -0.2) is 9.59 Å². The number of morpholine rings is 1. The zero-order chi connectivity index (χ0) is 21.8. The van der Waals surface area contributed by atoms with Gasteiger partial charge in [-0.05, 0) is 29.8 Å². The molecule has 31 heavy (non-hydrogen) atoms. The summed E-state index contributed by atoms with van der Waals surface area (Å²) in [7, 11) is 2.08. The van der Waals surface area contributed by atoms with Crippen LogP contribution < -0.4 is 0 Å². The number of hydrogen-bond acceptors (Lipinski definition) is 8. The second kappa shape index (κ2) is 7.67. The van der Waals surface area contributed by atoms with Crippen molar-refractivity contribution in [3.8, 4) is 0 Å². The second-order valence-corrected chi connectivity index (χ2v) is 10.6. The molecule has 3 saturated heterocycles. The molecule has 0 radical (unpaired) electrons. The highest BCUT2D eigenvalue weighted by Crippen LogP contribution is 2.53. The first-order valence-electron chi connectivity index (χ1n) is 10.5. The van der Waals surface area contributed by atoms with Gasteiger partial charge in [-0.15, -0.1) is 22.7 Å². The summed E-state index contributed by atoms with van der Waals surface area (Å²) in [4.78, 5) is 26.6. The predicted octanol–water partition coefficient (Wildman–Crippen LogP) is 2.28. The van der Waals surface area contributed by atoms with E-state index >= 15 is 0 Å². The van der Waals surface area contributed by atoms with Crippen LogP contribution in [0.3, 0.4) is 0 Å². The molecule has 0 aromatic carbocycles. The first-order valence-corrected chi connectivity index (χ1v) is 12.3. The average Bonchev–Trinajstić information content (AvgIpc) is 3.10. The summed E-state index contributed by atoms with van der Waals surface area (Å²) in [5.74, 6) is -0.848. The van der Waals surface area contributed by atoms with E-state index in [1.807, 2.05) is 22.9 Å². The predicted molar refractivity (Wildman–Crippen MR) is 115 cm³/mol. The van der Waals surface area contributed by atoms with Gasteiger partial charge in [0.25, 0.3) is 0 Å². The molecule has 2 bridgehead atoms.